The van der Waals surface area contributed by atoms with Crippen LogP contribution in [0.25, 0.3) is 0 Å². The van der Waals surface area contributed by atoms with Gasteiger partial charge in [0.05, 0.1) is 4.34 Å². The molecule has 122 valence electrons. The van der Waals surface area contributed by atoms with Gasteiger partial charge < -0.3 is 16.0 Å². The largest absolute Gasteiger partial charge is 0.357 e. The van der Waals surface area contributed by atoms with E-state index in [9.17, 15) is 4.79 Å². The molecule has 0 aliphatic heterocycles. The summed E-state index contributed by atoms with van der Waals surface area (Å²) in [4.78, 5) is 17.3. The Bertz CT molecular complexity index is 513. The number of aliphatic imine (C=N–C) groups is 1. The number of carbonyl (C=O) groups excluding carboxylic acids is 1. The number of halogens is 1. The van der Waals surface area contributed by atoms with Crippen molar-refractivity contribution < 1.29 is 4.79 Å². The Morgan fingerprint density at radius 1 is 1.32 bits per heavy atom. The first-order valence-electron chi connectivity index (χ1n) is 7.73. The van der Waals surface area contributed by atoms with Crippen molar-refractivity contribution >= 4 is 34.8 Å². The SMILES string of the molecule is CCNC(=NCCc1ccc(Cl)s1)NCCNC(=O)C1CC1. The smallest absolute Gasteiger partial charge is 0.223 e. The third-order valence-electron chi connectivity index (χ3n) is 3.27. The second-order valence-electron chi connectivity index (χ2n) is 5.21. The highest BCUT2D eigenvalue weighted by atomic mass is 35.5. The molecular formula is C15H23ClN4OS. The number of hydrogen-bond acceptors (Lipinski definition) is 3. The third kappa shape index (κ3) is 6.23. The molecule has 1 fully saturated rings. The Kier molecular flexibility index (Phi) is 6.99. The summed E-state index contributed by atoms with van der Waals surface area (Å²) in [5.74, 6) is 1.23. The zero-order chi connectivity index (χ0) is 15.8. The van der Waals surface area contributed by atoms with Gasteiger partial charge in [-0.15, -0.1) is 11.3 Å². The molecule has 1 aromatic heterocycles. The standard InChI is InChI=1S/C15H23ClN4OS/c1-2-17-15(19-8-7-12-5-6-13(16)22-12)20-10-9-18-14(21)11-3-4-11/h5-6,11H,2-4,7-10H2,1H3,(H,18,21)(H2,17,19,20). The monoisotopic (exact) mass is 342 g/mol. The highest BCUT2D eigenvalue weighted by molar-refractivity contribution is 7.16. The van der Waals surface area contributed by atoms with E-state index in [1.54, 1.807) is 11.3 Å². The van der Waals surface area contributed by atoms with E-state index in [-0.39, 0.29) is 11.8 Å². The molecule has 1 amide bonds. The topological polar surface area (TPSA) is 65.5 Å². The first-order valence-corrected chi connectivity index (χ1v) is 8.92. The number of guanidine groups is 1. The van der Waals surface area contributed by atoms with Crippen LogP contribution in [0.15, 0.2) is 17.1 Å². The molecule has 1 heterocycles. The number of thiophene rings is 1. The van der Waals surface area contributed by atoms with Gasteiger partial charge in [0.2, 0.25) is 5.91 Å². The molecule has 1 aliphatic rings. The lowest BCUT2D eigenvalue weighted by Gasteiger charge is -2.11. The fraction of sp³-hybridized carbons (Fsp3) is 0.600. The van der Waals surface area contributed by atoms with Crippen LogP contribution in [-0.4, -0.2) is 38.0 Å². The molecule has 1 aliphatic carbocycles. The highest BCUT2D eigenvalue weighted by Gasteiger charge is 2.28. The lowest BCUT2D eigenvalue weighted by molar-refractivity contribution is -0.122. The maximum absolute atomic E-state index is 11.5. The molecule has 1 saturated carbocycles. The molecule has 0 bridgehead atoms. The van der Waals surface area contributed by atoms with Gasteiger partial charge >= 0.3 is 0 Å². The van der Waals surface area contributed by atoms with E-state index in [0.717, 1.165) is 36.1 Å². The zero-order valence-electron chi connectivity index (χ0n) is 12.8. The molecule has 0 atom stereocenters. The number of hydrogen-bond donors (Lipinski definition) is 3. The molecule has 2 rings (SSSR count). The molecular weight excluding hydrogens is 320 g/mol. The Hall–Kier alpha value is -1.27. The van der Waals surface area contributed by atoms with Gasteiger partial charge in [-0.05, 0) is 31.9 Å². The van der Waals surface area contributed by atoms with E-state index < -0.39 is 0 Å². The van der Waals surface area contributed by atoms with Crippen LogP contribution in [0.5, 0.6) is 0 Å². The third-order valence-corrected chi connectivity index (χ3v) is 4.56. The average Bonchev–Trinajstić information content (AvgIpc) is 3.27. The molecule has 0 aromatic carbocycles. The van der Waals surface area contributed by atoms with Gasteiger partial charge in [-0.25, -0.2) is 0 Å². The van der Waals surface area contributed by atoms with Gasteiger partial charge in [0.25, 0.3) is 0 Å². The molecule has 0 spiro atoms. The second-order valence-corrected chi connectivity index (χ2v) is 7.01. The predicted octanol–water partition coefficient (Wildman–Crippen LogP) is 2.03. The number of amides is 1. The molecule has 3 N–H and O–H groups in total. The quantitative estimate of drug-likeness (QED) is 0.385. The fourth-order valence-corrected chi connectivity index (χ4v) is 3.04. The molecule has 22 heavy (non-hydrogen) atoms. The van der Waals surface area contributed by atoms with Gasteiger partial charge in [-0.3, -0.25) is 9.79 Å². The maximum Gasteiger partial charge on any atom is 0.223 e. The van der Waals surface area contributed by atoms with Crippen LogP contribution in [0.1, 0.15) is 24.6 Å². The Morgan fingerprint density at radius 3 is 2.73 bits per heavy atom. The fourth-order valence-electron chi connectivity index (χ4n) is 1.96. The lowest BCUT2D eigenvalue weighted by Crippen LogP contribution is -2.41. The second kappa shape index (κ2) is 9.00. The molecule has 0 radical (unpaired) electrons. The first kappa shape index (κ1) is 17.1. The molecule has 7 heteroatoms. The van der Waals surface area contributed by atoms with Crippen LogP contribution < -0.4 is 16.0 Å². The minimum Gasteiger partial charge on any atom is -0.357 e. The van der Waals surface area contributed by atoms with E-state index >= 15 is 0 Å². The van der Waals surface area contributed by atoms with Crippen LogP contribution in [-0.2, 0) is 11.2 Å². The molecule has 5 nitrogen and oxygen atoms in total. The van der Waals surface area contributed by atoms with Crippen molar-refractivity contribution in [1.82, 2.24) is 16.0 Å². The molecule has 1 aromatic rings. The lowest BCUT2D eigenvalue weighted by atomic mass is 10.3. The number of nitrogens with zero attached hydrogens (tertiary/aromatic N) is 1. The van der Waals surface area contributed by atoms with Crippen molar-refractivity contribution in [1.29, 1.82) is 0 Å². The van der Waals surface area contributed by atoms with Gasteiger partial charge in [0.15, 0.2) is 5.96 Å². The van der Waals surface area contributed by atoms with Gasteiger partial charge in [-0.1, -0.05) is 11.6 Å². The van der Waals surface area contributed by atoms with Crippen molar-refractivity contribution in [2.45, 2.75) is 26.2 Å². The van der Waals surface area contributed by atoms with Crippen molar-refractivity contribution in [3.8, 4) is 0 Å². The normalized spacial score (nSPS) is 14.7. The van der Waals surface area contributed by atoms with Crippen LogP contribution in [0, 0.1) is 5.92 Å². The summed E-state index contributed by atoms with van der Waals surface area (Å²) >= 11 is 7.51. The van der Waals surface area contributed by atoms with Crippen molar-refractivity contribution in [3.05, 3.63) is 21.3 Å². The number of rotatable bonds is 8. The Labute approximate surface area is 140 Å². The maximum atomic E-state index is 11.5. The summed E-state index contributed by atoms with van der Waals surface area (Å²) in [5, 5.41) is 9.36. The summed E-state index contributed by atoms with van der Waals surface area (Å²) in [5.41, 5.74) is 0. The summed E-state index contributed by atoms with van der Waals surface area (Å²) in [6.45, 7) is 4.85. The van der Waals surface area contributed by atoms with Gasteiger partial charge in [0, 0.05) is 43.4 Å². The van der Waals surface area contributed by atoms with E-state index in [1.165, 1.54) is 4.88 Å². The van der Waals surface area contributed by atoms with Crippen LogP contribution in [0.4, 0.5) is 0 Å². The predicted molar refractivity (Wildman–Crippen MR) is 92.7 cm³/mol. The number of carbonyl (C=O) groups is 1. The van der Waals surface area contributed by atoms with E-state index in [2.05, 4.69) is 20.9 Å². The minimum absolute atomic E-state index is 0.179. The van der Waals surface area contributed by atoms with Crippen LogP contribution in [0.3, 0.4) is 0 Å². The Morgan fingerprint density at radius 2 is 2.09 bits per heavy atom. The van der Waals surface area contributed by atoms with Crippen molar-refractivity contribution in [3.63, 3.8) is 0 Å². The highest BCUT2D eigenvalue weighted by Crippen LogP contribution is 2.28. The van der Waals surface area contributed by atoms with E-state index in [4.69, 9.17) is 11.6 Å². The van der Waals surface area contributed by atoms with Gasteiger partial charge in [-0.2, -0.15) is 0 Å². The average molecular weight is 343 g/mol. The molecule has 0 saturated heterocycles. The van der Waals surface area contributed by atoms with Gasteiger partial charge in [0.1, 0.15) is 0 Å². The first-order chi connectivity index (χ1) is 10.7. The molecule has 0 unspecified atom stereocenters. The number of nitrogens with one attached hydrogen (secondary N) is 3. The van der Waals surface area contributed by atoms with Crippen molar-refractivity contribution in [2.24, 2.45) is 10.9 Å². The zero-order valence-corrected chi connectivity index (χ0v) is 14.4. The summed E-state index contributed by atoms with van der Waals surface area (Å²) in [6, 6.07) is 3.95. The minimum atomic E-state index is 0.179. The van der Waals surface area contributed by atoms with E-state index in [0.29, 0.717) is 19.6 Å². The van der Waals surface area contributed by atoms with Crippen LogP contribution in [0.2, 0.25) is 4.34 Å². The summed E-state index contributed by atoms with van der Waals surface area (Å²) in [7, 11) is 0. The Balaban J connectivity index is 1.66. The van der Waals surface area contributed by atoms with Crippen LogP contribution >= 0.6 is 22.9 Å². The van der Waals surface area contributed by atoms with E-state index in [1.807, 2.05) is 19.1 Å². The summed E-state index contributed by atoms with van der Waals surface area (Å²) < 4.78 is 0.815. The summed E-state index contributed by atoms with van der Waals surface area (Å²) in [6.07, 6.45) is 2.96. The van der Waals surface area contributed by atoms with Crippen molar-refractivity contribution in [2.75, 3.05) is 26.2 Å².